The molecule has 4 heteroatoms. The summed E-state index contributed by atoms with van der Waals surface area (Å²) >= 11 is -0.00646. The monoisotopic (exact) mass is 387 g/mol. The van der Waals surface area contributed by atoms with Gasteiger partial charge >= 0.3 is 149 Å². The Labute approximate surface area is 149 Å². The number of carbonyl (C=O) groups excluding carboxylic acids is 2. The van der Waals surface area contributed by atoms with Gasteiger partial charge < -0.3 is 0 Å². The number of benzene rings is 1. The van der Waals surface area contributed by atoms with Gasteiger partial charge in [0.25, 0.3) is 0 Å². The van der Waals surface area contributed by atoms with Crippen molar-refractivity contribution in [3.8, 4) is 0 Å². The Balaban J connectivity index is 1.62. The molecule has 2 fully saturated rings. The first-order valence-electron chi connectivity index (χ1n) is 8.51. The zero-order valence-corrected chi connectivity index (χ0v) is 15.5. The fraction of sp³-hybridized carbons (Fsp3) is 0.400. The number of amides is 2. The molecule has 2 aliphatic carbocycles. The minimum atomic E-state index is -0.461. The summed E-state index contributed by atoms with van der Waals surface area (Å²) in [5.41, 5.74) is 1.44. The minimum absolute atomic E-state index is 0.00646. The summed E-state index contributed by atoms with van der Waals surface area (Å²) in [7, 11) is 1.66. The number of nitrogens with zero attached hydrogens (tertiary/aromatic N) is 1. The van der Waals surface area contributed by atoms with E-state index in [4.69, 9.17) is 0 Å². The molecule has 0 unspecified atom stereocenters. The SMILES string of the molecule is CN1C(=O)[C@@H]2C[C@@H](CC3=CC=CC3)C[C@]2([Se]c2ccccc2)C1=O. The molecule has 0 radical (unpaired) electrons. The van der Waals surface area contributed by atoms with Crippen molar-refractivity contribution < 1.29 is 9.59 Å². The van der Waals surface area contributed by atoms with E-state index in [0.29, 0.717) is 5.92 Å². The molecule has 2 amide bonds. The molecular formula is C20H21NO2Se. The van der Waals surface area contributed by atoms with Crippen LogP contribution in [0.3, 0.4) is 0 Å². The van der Waals surface area contributed by atoms with E-state index in [1.807, 2.05) is 18.2 Å². The van der Waals surface area contributed by atoms with Gasteiger partial charge in [0.05, 0.1) is 0 Å². The predicted octanol–water partition coefficient (Wildman–Crippen LogP) is 2.48. The molecule has 0 aromatic heterocycles. The molecule has 0 N–H and O–H groups in total. The van der Waals surface area contributed by atoms with Crippen LogP contribution in [0.5, 0.6) is 0 Å². The second-order valence-corrected chi connectivity index (χ2v) is 9.97. The van der Waals surface area contributed by atoms with Crippen molar-refractivity contribution in [2.45, 2.75) is 30.0 Å². The van der Waals surface area contributed by atoms with Crippen LogP contribution in [0.15, 0.2) is 54.1 Å². The van der Waals surface area contributed by atoms with Gasteiger partial charge in [0.15, 0.2) is 0 Å². The van der Waals surface area contributed by atoms with Crippen molar-refractivity contribution in [1.29, 1.82) is 0 Å². The molecule has 4 rings (SSSR count). The fourth-order valence-electron chi connectivity index (χ4n) is 4.36. The third kappa shape index (κ3) is 2.49. The van der Waals surface area contributed by atoms with Gasteiger partial charge in [-0.3, -0.25) is 0 Å². The van der Waals surface area contributed by atoms with E-state index in [0.717, 1.165) is 25.7 Å². The van der Waals surface area contributed by atoms with Crippen molar-refractivity contribution in [3.63, 3.8) is 0 Å². The van der Waals surface area contributed by atoms with Crippen molar-refractivity contribution in [1.82, 2.24) is 4.90 Å². The summed E-state index contributed by atoms with van der Waals surface area (Å²) in [6.45, 7) is 0. The summed E-state index contributed by atoms with van der Waals surface area (Å²) in [6.07, 6.45) is 10.3. The molecule has 1 heterocycles. The van der Waals surface area contributed by atoms with Gasteiger partial charge in [-0.15, -0.1) is 0 Å². The topological polar surface area (TPSA) is 37.4 Å². The quantitative estimate of drug-likeness (QED) is 0.589. The van der Waals surface area contributed by atoms with Gasteiger partial charge in [0.2, 0.25) is 0 Å². The number of likely N-dealkylation sites (tertiary alicyclic amines) is 1. The first kappa shape index (κ1) is 15.9. The average molecular weight is 386 g/mol. The van der Waals surface area contributed by atoms with Gasteiger partial charge in [-0.2, -0.15) is 0 Å². The Morgan fingerprint density at radius 2 is 2.04 bits per heavy atom. The number of hydrogen-bond acceptors (Lipinski definition) is 2. The molecule has 0 bridgehead atoms. The van der Waals surface area contributed by atoms with Crippen LogP contribution in [-0.4, -0.2) is 38.7 Å². The Kier molecular flexibility index (Phi) is 3.98. The van der Waals surface area contributed by atoms with Crippen LogP contribution in [0.4, 0.5) is 0 Å². The van der Waals surface area contributed by atoms with Gasteiger partial charge in [-0.05, 0) is 0 Å². The van der Waals surface area contributed by atoms with Gasteiger partial charge in [-0.1, -0.05) is 0 Å². The third-order valence-electron chi connectivity index (χ3n) is 5.46. The van der Waals surface area contributed by atoms with E-state index in [-0.39, 0.29) is 32.7 Å². The molecule has 3 aliphatic rings. The Morgan fingerprint density at radius 3 is 2.75 bits per heavy atom. The van der Waals surface area contributed by atoms with E-state index >= 15 is 0 Å². The second kappa shape index (κ2) is 6.02. The Bertz CT molecular complexity index is 739. The van der Waals surface area contributed by atoms with Crippen molar-refractivity contribution in [2.75, 3.05) is 7.05 Å². The van der Waals surface area contributed by atoms with Crippen LogP contribution in [-0.2, 0) is 9.59 Å². The standard InChI is InChI=1S/C20H21NO2Se/c1-21-18(22)17-12-15(11-14-7-5-6-8-14)13-20(17,19(21)23)24-16-9-3-2-4-10-16/h2-7,9-10,15,17H,8,11-13H2,1H3/t15-,17+,20-/m1/s1. The third-order valence-corrected chi connectivity index (χ3v) is 8.60. The van der Waals surface area contributed by atoms with Crippen LogP contribution < -0.4 is 4.46 Å². The predicted molar refractivity (Wildman–Crippen MR) is 95.0 cm³/mol. The van der Waals surface area contributed by atoms with E-state index < -0.39 is 4.31 Å². The molecule has 3 nitrogen and oxygen atoms in total. The van der Waals surface area contributed by atoms with Gasteiger partial charge in [-0.25, -0.2) is 0 Å². The first-order valence-corrected chi connectivity index (χ1v) is 10.2. The number of rotatable bonds is 4. The molecular weight excluding hydrogens is 365 g/mol. The number of carbonyl (C=O) groups is 2. The summed E-state index contributed by atoms with van der Waals surface area (Å²) < 4.78 is 0.756. The van der Waals surface area contributed by atoms with E-state index in [1.54, 1.807) is 7.05 Å². The maximum atomic E-state index is 13.0. The van der Waals surface area contributed by atoms with Crippen LogP contribution >= 0.6 is 0 Å². The van der Waals surface area contributed by atoms with Crippen LogP contribution in [0.1, 0.15) is 25.7 Å². The average Bonchev–Trinajstić information content (AvgIpc) is 3.25. The number of fused-ring (bicyclic) bond motifs is 1. The normalized spacial score (nSPS) is 31.7. The number of imide groups is 1. The zero-order valence-electron chi connectivity index (χ0n) is 13.8. The fourth-order valence-corrected chi connectivity index (χ4v) is 7.71. The Hall–Kier alpha value is -1.64. The van der Waals surface area contributed by atoms with Crippen molar-refractivity contribution >= 4 is 31.2 Å². The number of hydrogen-bond donors (Lipinski definition) is 0. The zero-order chi connectivity index (χ0) is 16.7. The molecule has 1 aromatic carbocycles. The molecule has 124 valence electrons. The van der Waals surface area contributed by atoms with Crippen LogP contribution in [0.25, 0.3) is 0 Å². The summed E-state index contributed by atoms with van der Waals surface area (Å²) in [5, 5.41) is 0. The van der Waals surface area contributed by atoms with E-state index in [1.165, 1.54) is 14.9 Å². The van der Waals surface area contributed by atoms with E-state index in [9.17, 15) is 9.59 Å². The summed E-state index contributed by atoms with van der Waals surface area (Å²) in [4.78, 5) is 27.1. The molecule has 1 aliphatic heterocycles. The van der Waals surface area contributed by atoms with Crippen LogP contribution in [0, 0.1) is 11.8 Å². The molecule has 1 saturated carbocycles. The molecule has 0 spiro atoms. The van der Waals surface area contributed by atoms with Gasteiger partial charge in [0, 0.05) is 0 Å². The first-order chi connectivity index (χ1) is 11.6. The van der Waals surface area contributed by atoms with Gasteiger partial charge in [0.1, 0.15) is 0 Å². The number of allylic oxidation sites excluding steroid dienone is 4. The van der Waals surface area contributed by atoms with Crippen LogP contribution in [0.2, 0.25) is 4.31 Å². The summed E-state index contributed by atoms with van der Waals surface area (Å²) in [6, 6.07) is 10.2. The van der Waals surface area contributed by atoms with E-state index in [2.05, 4.69) is 30.4 Å². The summed E-state index contributed by atoms with van der Waals surface area (Å²) in [5.74, 6) is 0.435. The Morgan fingerprint density at radius 1 is 1.25 bits per heavy atom. The molecule has 24 heavy (non-hydrogen) atoms. The molecule has 1 saturated heterocycles. The second-order valence-electron chi connectivity index (χ2n) is 7.03. The maximum absolute atomic E-state index is 13.0. The molecule has 3 atom stereocenters. The molecule has 1 aromatic rings. The van der Waals surface area contributed by atoms with Crippen molar-refractivity contribution in [2.24, 2.45) is 11.8 Å². The van der Waals surface area contributed by atoms with Crippen molar-refractivity contribution in [3.05, 3.63) is 54.1 Å².